The Labute approximate surface area is 72.6 Å². The van der Waals surface area contributed by atoms with Gasteiger partial charge < -0.3 is 5.32 Å². The zero-order valence-electron chi connectivity index (χ0n) is 7.29. The van der Waals surface area contributed by atoms with Gasteiger partial charge in [0.1, 0.15) is 0 Å². The van der Waals surface area contributed by atoms with Crippen LogP contribution in [0.1, 0.15) is 13.8 Å². The fourth-order valence-corrected chi connectivity index (χ4v) is 0.748. The van der Waals surface area contributed by atoms with Crippen molar-refractivity contribution in [2.75, 3.05) is 5.32 Å². The smallest absolute Gasteiger partial charge is 0.226 e. The monoisotopic (exact) mass is 162 g/mol. The van der Waals surface area contributed by atoms with Gasteiger partial charge in [-0.2, -0.15) is 0 Å². The summed E-state index contributed by atoms with van der Waals surface area (Å²) in [6, 6.07) is 10.2. The zero-order valence-corrected chi connectivity index (χ0v) is 7.29. The minimum atomic E-state index is 0.0126. The molecule has 0 aliphatic rings. The van der Waals surface area contributed by atoms with Crippen molar-refractivity contribution in [3.05, 3.63) is 30.3 Å². The number of para-hydroxylation sites is 1. The van der Waals surface area contributed by atoms with E-state index in [1.807, 2.05) is 32.0 Å². The van der Waals surface area contributed by atoms with Gasteiger partial charge in [0.25, 0.3) is 0 Å². The Morgan fingerprint density at radius 2 is 2.25 bits per heavy atom. The molecule has 0 aliphatic carbocycles. The highest BCUT2D eigenvalue weighted by atomic mass is 16.1. The molecular weight excluding hydrogens is 150 g/mol. The van der Waals surface area contributed by atoms with E-state index in [0.29, 0.717) is 0 Å². The van der Waals surface area contributed by atoms with Gasteiger partial charge in [-0.05, 0) is 6.07 Å². The van der Waals surface area contributed by atoms with Crippen molar-refractivity contribution in [3.63, 3.8) is 0 Å². The molecule has 2 nitrogen and oxygen atoms in total. The Balaban J connectivity index is 2.59. The van der Waals surface area contributed by atoms with Crippen LogP contribution in [0.3, 0.4) is 0 Å². The van der Waals surface area contributed by atoms with E-state index in [0.717, 1.165) is 5.69 Å². The predicted octanol–water partition coefficient (Wildman–Crippen LogP) is 2.08. The summed E-state index contributed by atoms with van der Waals surface area (Å²) in [5, 5.41) is 2.75. The van der Waals surface area contributed by atoms with Gasteiger partial charge >= 0.3 is 0 Å². The van der Waals surface area contributed by atoms with Crippen molar-refractivity contribution >= 4 is 11.6 Å². The molecule has 1 amide bonds. The van der Waals surface area contributed by atoms with E-state index in [4.69, 9.17) is 0 Å². The molecule has 63 valence electrons. The Morgan fingerprint density at radius 1 is 1.50 bits per heavy atom. The van der Waals surface area contributed by atoms with Crippen LogP contribution in [-0.4, -0.2) is 5.91 Å². The summed E-state index contributed by atoms with van der Waals surface area (Å²) in [6.45, 7) is 3.72. The maximum atomic E-state index is 11.2. The van der Waals surface area contributed by atoms with Crippen molar-refractivity contribution in [1.29, 1.82) is 0 Å². The van der Waals surface area contributed by atoms with Crippen LogP contribution in [0.4, 0.5) is 5.69 Å². The van der Waals surface area contributed by atoms with Gasteiger partial charge in [-0.3, -0.25) is 4.79 Å². The predicted molar refractivity (Wildman–Crippen MR) is 48.7 cm³/mol. The molecule has 1 N–H and O–H groups in total. The minimum absolute atomic E-state index is 0.0126. The van der Waals surface area contributed by atoms with Gasteiger partial charge in [-0.1, -0.05) is 32.0 Å². The van der Waals surface area contributed by atoms with Crippen LogP contribution in [0.15, 0.2) is 24.3 Å². The summed E-state index contributed by atoms with van der Waals surface area (Å²) < 4.78 is 0. The highest BCUT2D eigenvalue weighted by Gasteiger charge is 2.05. The molecule has 0 aromatic heterocycles. The van der Waals surface area contributed by atoms with Gasteiger partial charge in [-0.25, -0.2) is 0 Å². The van der Waals surface area contributed by atoms with Crippen molar-refractivity contribution in [2.45, 2.75) is 13.8 Å². The molecule has 0 saturated heterocycles. The molecule has 1 rings (SSSR count). The normalized spacial score (nSPS) is 9.92. The maximum Gasteiger partial charge on any atom is 0.226 e. The van der Waals surface area contributed by atoms with Crippen LogP contribution < -0.4 is 5.32 Å². The summed E-state index contributed by atoms with van der Waals surface area (Å²) in [5.74, 6) is 0.0380. The van der Waals surface area contributed by atoms with Gasteiger partial charge in [0.15, 0.2) is 0 Å². The molecule has 0 unspecified atom stereocenters. The summed E-state index contributed by atoms with van der Waals surface area (Å²) in [4.78, 5) is 11.2. The summed E-state index contributed by atoms with van der Waals surface area (Å²) in [7, 11) is 0. The first-order chi connectivity index (χ1) is 5.70. The average Bonchev–Trinajstić information content (AvgIpc) is 2.06. The summed E-state index contributed by atoms with van der Waals surface area (Å²) in [5.41, 5.74) is 0.733. The number of amides is 1. The van der Waals surface area contributed by atoms with E-state index in [-0.39, 0.29) is 11.8 Å². The third-order valence-corrected chi connectivity index (χ3v) is 1.49. The fourth-order valence-electron chi connectivity index (χ4n) is 0.748. The van der Waals surface area contributed by atoms with Crippen LogP contribution in [-0.2, 0) is 4.79 Å². The van der Waals surface area contributed by atoms with Crippen LogP contribution in [0.25, 0.3) is 0 Å². The van der Waals surface area contributed by atoms with E-state index in [1.54, 1.807) is 6.07 Å². The fraction of sp³-hybridized carbons (Fsp3) is 0.300. The number of hydrogen-bond donors (Lipinski definition) is 1. The third-order valence-electron chi connectivity index (χ3n) is 1.49. The zero-order chi connectivity index (χ0) is 8.97. The lowest BCUT2D eigenvalue weighted by Crippen LogP contribution is -2.17. The van der Waals surface area contributed by atoms with Crippen molar-refractivity contribution in [2.24, 2.45) is 5.92 Å². The van der Waals surface area contributed by atoms with Crippen molar-refractivity contribution in [3.8, 4) is 0 Å². The van der Waals surface area contributed by atoms with E-state index in [1.165, 1.54) is 0 Å². The largest absolute Gasteiger partial charge is 0.325 e. The number of benzene rings is 1. The summed E-state index contributed by atoms with van der Waals surface area (Å²) in [6.07, 6.45) is 0. The Hall–Kier alpha value is -1.31. The molecule has 1 radical (unpaired) electrons. The van der Waals surface area contributed by atoms with E-state index < -0.39 is 0 Å². The molecule has 1 aromatic rings. The van der Waals surface area contributed by atoms with E-state index in [9.17, 15) is 4.79 Å². The van der Waals surface area contributed by atoms with Gasteiger partial charge in [-0.15, -0.1) is 0 Å². The number of nitrogens with one attached hydrogen (secondary N) is 1. The molecule has 0 aliphatic heterocycles. The number of carbonyl (C=O) groups is 1. The highest BCUT2D eigenvalue weighted by Crippen LogP contribution is 2.05. The number of rotatable bonds is 2. The Kier molecular flexibility index (Phi) is 2.86. The highest BCUT2D eigenvalue weighted by molar-refractivity contribution is 5.91. The SMILES string of the molecule is CC(C)C(=O)Nc1[c]cccc1. The lowest BCUT2D eigenvalue weighted by atomic mass is 10.2. The van der Waals surface area contributed by atoms with Crippen LogP contribution in [0.5, 0.6) is 0 Å². The lowest BCUT2D eigenvalue weighted by Gasteiger charge is -2.05. The van der Waals surface area contributed by atoms with Gasteiger partial charge in [0.2, 0.25) is 5.91 Å². The average molecular weight is 162 g/mol. The Morgan fingerprint density at radius 3 is 2.75 bits per heavy atom. The molecule has 0 heterocycles. The van der Waals surface area contributed by atoms with Gasteiger partial charge in [0.05, 0.1) is 0 Å². The first-order valence-corrected chi connectivity index (χ1v) is 3.97. The maximum absolute atomic E-state index is 11.2. The molecule has 0 saturated carbocycles. The lowest BCUT2D eigenvalue weighted by molar-refractivity contribution is -0.118. The number of carbonyl (C=O) groups excluding carboxylic acids is 1. The second-order valence-electron chi connectivity index (χ2n) is 2.92. The summed E-state index contributed by atoms with van der Waals surface area (Å²) >= 11 is 0. The molecule has 1 aromatic carbocycles. The molecule has 0 bridgehead atoms. The van der Waals surface area contributed by atoms with E-state index in [2.05, 4.69) is 11.4 Å². The first-order valence-electron chi connectivity index (χ1n) is 3.97. The second-order valence-corrected chi connectivity index (χ2v) is 2.92. The van der Waals surface area contributed by atoms with Crippen LogP contribution in [0, 0.1) is 12.0 Å². The molecule has 12 heavy (non-hydrogen) atoms. The van der Waals surface area contributed by atoms with E-state index >= 15 is 0 Å². The minimum Gasteiger partial charge on any atom is -0.325 e. The Bertz CT molecular complexity index is 254. The van der Waals surface area contributed by atoms with Crippen molar-refractivity contribution in [1.82, 2.24) is 0 Å². The molecule has 0 atom stereocenters. The van der Waals surface area contributed by atoms with Crippen LogP contribution in [0.2, 0.25) is 0 Å². The quantitative estimate of drug-likeness (QED) is 0.708. The first kappa shape index (κ1) is 8.78. The molecular formula is C10H12NO. The topological polar surface area (TPSA) is 29.1 Å². The molecule has 0 spiro atoms. The van der Waals surface area contributed by atoms with Crippen molar-refractivity contribution < 1.29 is 4.79 Å². The standard InChI is InChI=1S/C10H12NO/c1-8(2)10(12)11-9-6-4-3-5-7-9/h3-6,8H,1-2H3,(H,11,12). The third kappa shape index (κ3) is 2.38. The second kappa shape index (κ2) is 3.90. The number of anilines is 1. The molecule has 0 fully saturated rings. The molecule has 2 heteroatoms. The van der Waals surface area contributed by atoms with Gasteiger partial charge in [0, 0.05) is 17.7 Å². The van der Waals surface area contributed by atoms with Crippen LogP contribution >= 0.6 is 0 Å². The number of hydrogen-bond acceptors (Lipinski definition) is 1.